The van der Waals surface area contributed by atoms with Gasteiger partial charge in [-0.2, -0.15) is 0 Å². The third kappa shape index (κ3) is 2.62. The number of oxazole rings is 1. The van der Waals surface area contributed by atoms with Crippen molar-refractivity contribution in [3.8, 4) is 5.00 Å². The molecular weight excluding hydrogens is 370 g/mol. The minimum Gasteiger partial charge on any atom is -0.449 e. The monoisotopic (exact) mass is 389 g/mol. The van der Waals surface area contributed by atoms with Crippen molar-refractivity contribution in [1.82, 2.24) is 19.7 Å². The third-order valence-corrected chi connectivity index (χ3v) is 6.33. The molecule has 0 fully saturated rings. The lowest BCUT2D eigenvalue weighted by atomic mass is 10.00. The van der Waals surface area contributed by atoms with Crippen molar-refractivity contribution in [2.75, 3.05) is 0 Å². The van der Waals surface area contributed by atoms with Crippen LogP contribution in [-0.4, -0.2) is 25.5 Å². The van der Waals surface area contributed by atoms with Crippen molar-refractivity contribution < 1.29 is 4.42 Å². The lowest BCUT2D eigenvalue weighted by Crippen LogP contribution is -2.09. The fourth-order valence-corrected chi connectivity index (χ4v) is 4.85. The fourth-order valence-electron chi connectivity index (χ4n) is 3.64. The van der Waals surface area contributed by atoms with Gasteiger partial charge >= 0.3 is 0 Å². The summed E-state index contributed by atoms with van der Waals surface area (Å²) in [5, 5.41) is 9.97. The van der Waals surface area contributed by atoms with Crippen molar-refractivity contribution >= 4 is 17.0 Å². The van der Waals surface area contributed by atoms with Crippen molar-refractivity contribution in [2.45, 2.75) is 33.2 Å². The molecule has 4 heterocycles. The molecule has 0 saturated carbocycles. The lowest BCUT2D eigenvalue weighted by molar-refractivity contribution is 0.467. The standard InChI is InChI=1S/C21H19N5OS/c1-12-13(2)28-21-18(12)19(15-7-5-4-6-8-15)23-16(11-17-22-9-10-27-17)20-25-24-14(3)26(20)21/h4-10,16H,11H2,1-3H3/t16-/m1/s1. The molecule has 1 aliphatic heterocycles. The summed E-state index contributed by atoms with van der Waals surface area (Å²) in [6, 6.07) is 10.1. The van der Waals surface area contributed by atoms with E-state index in [0.717, 1.165) is 33.5 Å². The van der Waals surface area contributed by atoms with Crippen LogP contribution in [-0.2, 0) is 6.42 Å². The molecule has 0 radical (unpaired) electrons. The molecule has 0 aliphatic carbocycles. The Morgan fingerprint density at radius 3 is 2.68 bits per heavy atom. The molecule has 1 aliphatic rings. The SMILES string of the molecule is Cc1sc2c(c1C)C(c1ccccc1)=N[C@H](Cc1ncco1)c1nnc(C)n1-2. The Labute approximate surface area is 166 Å². The molecule has 0 amide bonds. The number of hydrogen-bond donors (Lipinski definition) is 0. The number of aromatic nitrogens is 4. The van der Waals surface area contributed by atoms with Gasteiger partial charge in [-0.05, 0) is 26.3 Å². The van der Waals surface area contributed by atoms with E-state index in [1.165, 1.54) is 10.4 Å². The van der Waals surface area contributed by atoms with Crippen molar-refractivity contribution in [3.05, 3.63) is 81.9 Å². The molecule has 0 unspecified atom stereocenters. The summed E-state index contributed by atoms with van der Waals surface area (Å²) in [7, 11) is 0. The minimum absolute atomic E-state index is 0.227. The quantitative estimate of drug-likeness (QED) is 0.521. The number of aliphatic imine (C=N–C) groups is 1. The maximum atomic E-state index is 5.51. The summed E-state index contributed by atoms with van der Waals surface area (Å²) in [4.78, 5) is 10.8. The van der Waals surface area contributed by atoms with E-state index in [9.17, 15) is 0 Å². The van der Waals surface area contributed by atoms with Crippen LogP contribution >= 0.6 is 11.3 Å². The molecule has 0 spiro atoms. The van der Waals surface area contributed by atoms with Gasteiger partial charge < -0.3 is 4.42 Å². The van der Waals surface area contributed by atoms with Crippen LogP contribution in [0.5, 0.6) is 0 Å². The van der Waals surface area contributed by atoms with Crippen LogP contribution < -0.4 is 0 Å². The molecule has 4 aromatic rings. The molecule has 0 N–H and O–H groups in total. The van der Waals surface area contributed by atoms with Gasteiger partial charge in [-0.25, -0.2) is 4.98 Å². The molecule has 1 atom stereocenters. The molecule has 3 aromatic heterocycles. The Morgan fingerprint density at radius 2 is 1.93 bits per heavy atom. The van der Waals surface area contributed by atoms with Crippen LogP contribution in [0.15, 0.2) is 52.2 Å². The molecule has 0 bridgehead atoms. The molecule has 6 nitrogen and oxygen atoms in total. The maximum absolute atomic E-state index is 5.51. The summed E-state index contributed by atoms with van der Waals surface area (Å²) in [5.74, 6) is 2.33. The summed E-state index contributed by atoms with van der Waals surface area (Å²) in [6.07, 6.45) is 3.79. The number of benzene rings is 1. The van der Waals surface area contributed by atoms with Crippen LogP contribution in [0.1, 0.15) is 45.1 Å². The normalized spacial score (nSPS) is 15.7. The molecule has 1 aromatic carbocycles. The smallest absolute Gasteiger partial charge is 0.196 e. The largest absolute Gasteiger partial charge is 0.449 e. The molecule has 28 heavy (non-hydrogen) atoms. The zero-order chi connectivity index (χ0) is 19.3. The highest BCUT2D eigenvalue weighted by molar-refractivity contribution is 7.15. The number of aryl methyl sites for hydroxylation is 2. The van der Waals surface area contributed by atoms with Crippen molar-refractivity contribution in [2.24, 2.45) is 4.99 Å². The Hall–Kier alpha value is -3.06. The highest BCUT2D eigenvalue weighted by Gasteiger charge is 2.31. The Balaban J connectivity index is 1.79. The predicted molar refractivity (Wildman–Crippen MR) is 108 cm³/mol. The van der Waals surface area contributed by atoms with Crippen LogP contribution in [0.3, 0.4) is 0 Å². The van der Waals surface area contributed by atoms with Crippen molar-refractivity contribution in [3.63, 3.8) is 0 Å². The summed E-state index contributed by atoms with van der Waals surface area (Å²) in [6.45, 7) is 6.30. The first-order chi connectivity index (χ1) is 13.6. The average Bonchev–Trinajstić information content (AvgIpc) is 3.39. The van der Waals surface area contributed by atoms with E-state index in [1.807, 2.05) is 25.1 Å². The zero-order valence-corrected chi connectivity index (χ0v) is 16.7. The van der Waals surface area contributed by atoms with E-state index in [4.69, 9.17) is 9.41 Å². The van der Waals surface area contributed by atoms with Gasteiger partial charge in [0.2, 0.25) is 0 Å². The van der Waals surface area contributed by atoms with Crippen LogP contribution in [0, 0.1) is 20.8 Å². The van der Waals surface area contributed by atoms with E-state index < -0.39 is 0 Å². The first kappa shape index (κ1) is 17.1. The first-order valence-corrected chi connectivity index (χ1v) is 9.99. The number of hydrogen-bond acceptors (Lipinski definition) is 6. The predicted octanol–water partition coefficient (Wildman–Crippen LogP) is 4.38. The second-order valence-corrected chi connectivity index (χ2v) is 8.10. The highest BCUT2D eigenvalue weighted by atomic mass is 32.1. The molecule has 0 saturated heterocycles. The van der Waals surface area contributed by atoms with E-state index in [-0.39, 0.29) is 6.04 Å². The summed E-state index contributed by atoms with van der Waals surface area (Å²) in [5.41, 5.74) is 4.49. The second kappa shape index (κ2) is 6.53. The fraction of sp³-hybridized carbons (Fsp3) is 0.238. The van der Waals surface area contributed by atoms with Crippen LogP contribution in [0.4, 0.5) is 0 Å². The van der Waals surface area contributed by atoms with Gasteiger partial charge in [0.1, 0.15) is 23.1 Å². The Kier molecular flexibility index (Phi) is 3.98. The Morgan fingerprint density at radius 1 is 1.11 bits per heavy atom. The van der Waals surface area contributed by atoms with E-state index in [0.29, 0.717) is 12.3 Å². The summed E-state index contributed by atoms with van der Waals surface area (Å²) >= 11 is 1.76. The topological polar surface area (TPSA) is 69.1 Å². The van der Waals surface area contributed by atoms with Gasteiger partial charge in [-0.15, -0.1) is 21.5 Å². The van der Waals surface area contributed by atoms with Gasteiger partial charge in [0.15, 0.2) is 11.7 Å². The van der Waals surface area contributed by atoms with E-state index in [2.05, 4.69) is 45.7 Å². The number of rotatable bonds is 3. The molecular formula is C21H19N5OS. The number of nitrogens with zero attached hydrogens (tertiary/aromatic N) is 5. The van der Waals surface area contributed by atoms with Crippen molar-refractivity contribution in [1.29, 1.82) is 0 Å². The lowest BCUT2D eigenvalue weighted by Gasteiger charge is -2.11. The number of fused-ring (bicyclic) bond motifs is 3. The summed E-state index contributed by atoms with van der Waals surface area (Å²) < 4.78 is 7.65. The second-order valence-electron chi connectivity index (χ2n) is 6.89. The number of thiophene rings is 1. The van der Waals surface area contributed by atoms with Gasteiger partial charge in [0.25, 0.3) is 0 Å². The molecule has 140 valence electrons. The van der Waals surface area contributed by atoms with Crippen LogP contribution in [0.2, 0.25) is 0 Å². The highest BCUT2D eigenvalue weighted by Crippen LogP contribution is 2.39. The van der Waals surface area contributed by atoms with Gasteiger partial charge in [0, 0.05) is 16.0 Å². The van der Waals surface area contributed by atoms with E-state index in [1.54, 1.807) is 23.8 Å². The zero-order valence-electron chi connectivity index (χ0n) is 15.9. The first-order valence-electron chi connectivity index (χ1n) is 9.17. The van der Waals surface area contributed by atoms with Crippen LogP contribution in [0.25, 0.3) is 5.00 Å². The van der Waals surface area contributed by atoms with Gasteiger partial charge in [-0.1, -0.05) is 30.3 Å². The van der Waals surface area contributed by atoms with Gasteiger partial charge in [-0.3, -0.25) is 9.56 Å². The Bertz CT molecular complexity index is 1170. The molecule has 7 heteroatoms. The average molecular weight is 389 g/mol. The minimum atomic E-state index is -0.227. The van der Waals surface area contributed by atoms with Gasteiger partial charge in [0.05, 0.1) is 18.3 Å². The molecule has 5 rings (SSSR count). The van der Waals surface area contributed by atoms with E-state index >= 15 is 0 Å². The third-order valence-electron chi connectivity index (χ3n) is 5.14. The maximum Gasteiger partial charge on any atom is 0.196 e.